The fourth-order valence-corrected chi connectivity index (χ4v) is 1.85. The Morgan fingerprint density at radius 1 is 1.22 bits per heavy atom. The maximum absolute atomic E-state index is 6.04. The van der Waals surface area contributed by atoms with E-state index in [4.69, 9.17) is 11.6 Å². The van der Waals surface area contributed by atoms with Gasteiger partial charge in [0, 0.05) is 5.57 Å². The topological polar surface area (TPSA) is 76.4 Å². The first-order valence-electron chi connectivity index (χ1n) is 6.03. The number of nitrogens with zero attached hydrogens (tertiary/aromatic N) is 1. The molecule has 4 nitrogen and oxygen atoms in total. The number of amidine groups is 1. The van der Waals surface area contributed by atoms with Gasteiger partial charge in [0.1, 0.15) is 12.0 Å². The molecule has 1 aliphatic carbocycles. The molecule has 1 atom stereocenters. The Morgan fingerprint density at radius 3 is 2.61 bits per heavy atom. The standard InChI is InChI=1S/C14H18N4/c15-13(11-7-3-1-4-8-11)17-14(18-16)12-9-5-2-6-10-12/h1,3-5,7-10,13H,2,6,15-16H2,(H,17,18). The first kappa shape index (κ1) is 12.5. The van der Waals surface area contributed by atoms with Crippen molar-refractivity contribution in [3.05, 3.63) is 59.7 Å². The van der Waals surface area contributed by atoms with Crippen molar-refractivity contribution in [1.82, 2.24) is 5.43 Å². The molecule has 0 heterocycles. The van der Waals surface area contributed by atoms with Crippen LogP contribution in [0.15, 0.2) is 59.1 Å². The molecule has 94 valence electrons. The summed E-state index contributed by atoms with van der Waals surface area (Å²) in [6.07, 6.45) is 7.89. The average molecular weight is 242 g/mol. The molecule has 0 bridgehead atoms. The largest absolute Gasteiger partial charge is 0.308 e. The van der Waals surface area contributed by atoms with E-state index in [1.807, 2.05) is 36.4 Å². The van der Waals surface area contributed by atoms with Crippen LogP contribution in [0.25, 0.3) is 0 Å². The predicted octanol–water partition coefficient (Wildman–Crippen LogP) is 1.78. The number of hydrogen-bond acceptors (Lipinski definition) is 3. The Hall–Kier alpha value is -1.91. The highest BCUT2D eigenvalue weighted by Crippen LogP contribution is 2.15. The summed E-state index contributed by atoms with van der Waals surface area (Å²) >= 11 is 0. The van der Waals surface area contributed by atoms with E-state index < -0.39 is 6.17 Å². The lowest BCUT2D eigenvalue weighted by molar-refractivity contribution is 0.765. The summed E-state index contributed by atoms with van der Waals surface area (Å²) < 4.78 is 0. The van der Waals surface area contributed by atoms with E-state index in [0.29, 0.717) is 5.84 Å². The highest BCUT2D eigenvalue weighted by Gasteiger charge is 2.09. The summed E-state index contributed by atoms with van der Waals surface area (Å²) in [6, 6.07) is 9.75. The molecular formula is C14H18N4. The van der Waals surface area contributed by atoms with E-state index in [1.54, 1.807) is 0 Å². The molecule has 0 saturated carbocycles. The van der Waals surface area contributed by atoms with Gasteiger partial charge in [0.15, 0.2) is 0 Å². The molecule has 0 aliphatic heterocycles. The molecule has 18 heavy (non-hydrogen) atoms. The zero-order valence-corrected chi connectivity index (χ0v) is 10.2. The summed E-state index contributed by atoms with van der Waals surface area (Å²) in [4.78, 5) is 4.43. The van der Waals surface area contributed by atoms with E-state index in [2.05, 4.69) is 22.6 Å². The molecule has 1 unspecified atom stereocenters. The summed E-state index contributed by atoms with van der Waals surface area (Å²) in [5.74, 6) is 6.15. The maximum Gasteiger partial charge on any atom is 0.144 e. The molecule has 0 amide bonds. The van der Waals surface area contributed by atoms with Crippen molar-refractivity contribution in [2.24, 2.45) is 16.6 Å². The first-order chi connectivity index (χ1) is 8.81. The van der Waals surface area contributed by atoms with Crippen molar-refractivity contribution >= 4 is 5.84 Å². The highest BCUT2D eigenvalue weighted by molar-refractivity contribution is 6.00. The Bertz CT molecular complexity index is 474. The number of allylic oxidation sites excluding steroid dienone is 2. The molecule has 2 rings (SSSR count). The summed E-state index contributed by atoms with van der Waals surface area (Å²) in [5.41, 5.74) is 10.6. The van der Waals surface area contributed by atoms with Crippen LogP contribution in [-0.4, -0.2) is 5.84 Å². The minimum absolute atomic E-state index is 0.409. The zero-order valence-electron chi connectivity index (χ0n) is 10.2. The fraction of sp³-hybridized carbons (Fsp3) is 0.214. The lowest BCUT2D eigenvalue weighted by atomic mass is 10.1. The quantitative estimate of drug-likeness (QED) is 0.327. The molecule has 1 aliphatic rings. The number of benzene rings is 1. The molecule has 4 heteroatoms. The molecular weight excluding hydrogens is 224 g/mol. The molecule has 0 spiro atoms. The summed E-state index contributed by atoms with van der Waals surface area (Å²) in [5, 5.41) is 0. The van der Waals surface area contributed by atoms with Crippen LogP contribution in [0, 0.1) is 0 Å². The Morgan fingerprint density at radius 2 is 2.00 bits per heavy atom. The minimum Gasteiger partial charge on any atom is -0.308 e. The van der Waals surface area contributed by atoms with Crippen LogP contribution in [0.3, 0.4) is 0 Å². The van der Waals surface area contributed by atoms with Crippen LogP contribution in [0.1, 0.15) is 24.6 Å². The fourth-order valence-electron chi connectivity index (χ4n) is 1.85. The first-order valence-corrected chi connectivity index (χ1v) is 6.03. The van der Waals surface area contributed by atoms with Gasteiger partial charge in [0.25, 0.3) is 0 Å². The monoisotopic (exact) mass is 242 g/mol. The van der Waals surface area contributed by atoms with Crippen LogP contribution in [0.4, 0.5) is 0 Å². The number of rotatable bonds is 3. The van der Waals surface area contributed by atoms with E-state index in [-0.39, 0.29) is 0 Å². The van der Waals surface area contributed by atoms with Gasteiger partial charge in [-0.05, 0) is 18.4 Å². The normalized spacial score (nSPS) is 17.2. The molecule has 1 aromatic rings. The van der Waals surface area contributed by atoms with E-state index in [9.17, 15) is 0 Å². The maximum atomic E-state index is 6.04. The van der Waals surface area contributed by atoms with E-state index in [0.717, 1.165) is 24.0 Å². The summed E-state index contributed by atoms with van der Waals surface area (Å²) in [6.45, 7) is 0. The van der Waals surface area contributed by atoms with Gasteiger partial charge in [0.2, 0.25) is 0 Å². The van der Waals surface area contributed by atoms with Gasteiger partial charge >= 0.3 is 0 Å². The van der Waals surface area contributed by atoms with Gasteiger partial charge in [-0.15, -0.1) is 0 Å². The second-order valence-electron chi connectivity index (χ2n) is 4.12. The molecule has 1 aromatic carbocycles. The van der Waals surface area contributed by atoms with Gasteiger partial charge in [0.05, 0.1) is 0 Å². The van der Waals surface area contributed by atoms with Crippen molar-refractivity contribution in [1.29, 1.82) is 0 Å². The van der Waals surface area contributed by atoms with Crippen molar-refractivity contribution in [3.8, 4) is 0 Å². The second kappa shape index (κ2) is 6.14. The number of hydrazine groups is 1. The zero-order chi connectivity index (χ0) is 12.8. The Kier molecular flexibility index (Phi) is 4.28. The Balaban J connectivity index is 2.19. The van der Waals surface area contributed by atoms with Crippen molar-refractivity contribution in [2.45, 2.75) is 19.0 Å². The second-order valence-corrected chi connectivity index (χ2v) is 4.12. The summed E-state index contributed by atoms with van der Waals surface area (Å²) in [7, 11) is 0. The van der Waals surface area contributed by atoms with Gasteiger partial charge < -0.3 is 11.2 Å². The van der Waals surface area contributed by atoms with Gasteiger partial charge in [-0.2, -0.15) is 0 Å². The molecule has 0 saturated heterocycles. The van der Waals surface area contributed by atoms with E-state index in [1.165, 1.54) is 0 Å². The number of aliphatic imine (C=N–C) groups is 1. The van der Waals surface area contributed by atoms with Crippen LogP contribution in [-0.2, 0) is 0 Å². The SMILES string of the molecule is NN/C(=N\C(N)c1ccccc1)C1=CCCC=C1. The number of nitrogens with one attached hydrogen (secondary N) is 1. The predicted molar refractivity (Wildman–Crippen MR) is 74.6 cm³/mol. The average Bonchev–Trinajstić information content (AvgIpc) is 2.46. The third-order valence-corrected chi connectivity index (χ3v) is 2.81. The third kappa shape index (κ3) is 3.06. The van der Waals surface area contributed by atoms with Crippen LogP contribution in [0.5, 0.6) is 0 Å². The molecule has 0 aromatic heterocycles. The van der Waals surface area contributed by atoms with Crippen LogP contribution >= 0.6 is 0 Å². The van der Waals surface area contributed by atoms with Crippen molar-refractivity contribution in [3.63, 3.8) is 0 Å². The molecule has 5 N–H and O–H groups in total. The molecule has 0 fully saturated rings. The third-order valence-electron chi connectivity index (χ3n) is 2.81. The van der Waals surface area contributed by atoms with Gasteiger partial charge in [-0.25, -0.2) is 10.8 Å². The van der Waals surface area contributed by atoms with Crippen LogP contribution < -0.4 is 17.0 Å². The van der Waals surface area contributed by atoms with Crippen LogP contribution in [0.2, 0.25) is 0 Å². The lowest BCUT2D eigenvalue weighted by Gasteiger charge is -2.13. The number of hydrogen-bond donors (Lipinski definition) is 3. The van der Waals surface area contributed by atoms with Gasteiger partial charge in [-0.1, -0.05) is 48.6 Å². The minimum atomic E-state index is -0.409. The number of nitrogens with two attached hydrogens (primary N) is 2. The Labute approximate surface area is 107 Å². The van der Waals surface area contributed by atoms with Crippen molar-refractivity contribution in [2.75, 3.05) is 0 Å². The highest BCUT2D eigenvalue weighted by atomic mass is 15.3. The van der Waals surface area contributed by atoms with Crippen molar-refractivity contribution < 1.29 is 0 Å². The smallest absolute Gasteiger partial charge is 0.144 e. The van der Waals surface area contributed by atoms with E-state index >= 15 is 0 Å². The van der Waals surface area contributed by atoms with Gasteiger partial charge in [-0.3, -0.25) is 0 Å². The lowest BCUT2D eigenvalue weighted by Crippen LogP contribution is -2.33. The molecule has 0 radical (unpaired) electrons.